The Morgan fingerprint density at radius 1 is 1.29 bits per heavy atom. The van der Waals surface area contributed by atoms with Gasteiger partial charge in [0.25, 0.3) is 5.91 Å². The van der Waals surface area contributed by atoms with Gasteiger partial charge in [-0.05, 0) is 37.1 Å². The number of aryl methyl sites for hydroxylation is 1. The smallest absolute Gasteiger partial charge is 0.256 e. The second-order valence-electron chi connectivity index (χ2n) is 6.96. The van der Waals surface area contributed by atoms with Gasteiger partial charge in [0.05, 0.1) is 34.2 Å². The fraction of sp³-hybridized carbons (Fsp3) is 0.200. The number of amides is 1. The molecule has 1 aliphatic rings. The molecule has 1 aromatic carbocycles. The molecule has 1 saturated carbocycles. The molecule has 3 aromatic heterocycles. The fourth-order valence-electron chi connectivity index (χ4n) is 3.30. The lowest BCUT2D eigenvalue weighted by molar-refractivity contribution is 0.102. The summed E-state index contributed by atoms with van der Waals surface area (Å²) in [4.78, 5) is 21.7. The summed E-state index contributed by atoms with van der Waals surface area (Å²) >= 11 is 6.40. The molecule has 28 heavy (non-hydrogen) atoms. The predicted molar refractivity (Wildman–Crippen MR) is 107 cm³/mol. The molecule has 4 aromatic rings. The van der Waals surface area contributed by atoms with Crippen LogP contribution in [0.1, 0.15) is 34.8 Å². The zero-order valence-electron chi connectivity index (χ0n) is 15.1. The average Bonchev–Trinajstić information content (AvgIpc) is 3.27. The van der Waals surface area contributed by atoms with E-state index in [1.807, 2.05) is 36.0 Å². The molecule has 3 heterocycles. The molecule has 8 heteroatoms. The van der Waals surface area contributed by atoms with Crippen LogP contribution in [0, 0.1) is 0 Å². The number of halogens is 1. The molecule has 0 unspecified atom stereocenters. The topological polar surface area (TPSA) is 77.6 Å². The van der Waals surface area contributed by atoms with Crippen LogP contribution in [0.5, 0.6) is 0 Å². The van der Waals surface area contributed by atoms with Crippen LogP contribution in [0.2, 0.25) is 5.02 Å². The second kappa shape index (κ2) is 6.45. The lowest BCUT2D eigenvalue weighted by Crippen LogP contribution is -2.13. The highest BCUT2D eigenvalue weighted by Gasteiger charge is 2.27. The summed E-state index contributed by atoms with van der Waals surface area (Å²) in [6, 6.07) is 7.29. The van der Waals surface area contributed by atoms with E-state index in [0.29, 0.717) is 22.2 Å². The maximum atomic E-state index is 13.0. The number of nitrogens with one attached hydrogen (secondary N) is 1. The van der Waals surface area contributed by atoms with Gasteiger partial charge < -0.3 is 9.88 Å². The van der Waals surface area contributed by atoms with E-state index in [-0.39, 0.29) is 5.91 Å². The Morgan fingerprint density at radius 2 is 2.14 bits per heavy atom. The largest absolute Gasteiger partial charge is 0.322 e. The van der Waals surface area contributed by atoms with Gasteiger partial charge in [-0.25, -0.2) is 9.97 Å². The van der Waals surface area contributed by atoms with Crippen LogP contribution in [0.4, 0.5) is 5.69 Å². The number of hydrogen-bond acceptors (Lipinski definition) is 4. The van der Waals surface area contributed by atoms with E-state index in [1.54, 1.807) is 29.5 Å². The molecule has 0 atom stereocenters. The van der Waals surface area contributed by atoms with Crippen LogP contribution in [-0.2, 0) is 7.05 Å². The van der Waals surface area contributed by atoms with Crippen molar-refractivity contribution in [3.63, 3.8) is 0 Å². The number of hydrogen-bond donors (Lipinski definition) is 1. The third-order valence-corrected chi connectivity index (χ3v) is 5.26. The summed E-state index contributed by atoms with van der Waals surface area (Å²) in [5.74, 6) is 0.239. The molecule has 0 bridgehead atoms. The number of rotatable bonds is 4. The van der Waals surface area contributed by atoms with E-state index < -0.39 is 0 Å². The molecule has 5 rings (SSSR count). The third-order valence-electron chi connectivity index (χ3n) is 4.95. The first-order valence-corrected chi connectivity index (χ1v) is 9.40. The zero-order chi connectivity index (χ0) is 19.3. The van der Waals surface area contributed by atoms with Gasteiger partial charge in [0.1, 0.15) is 0 Å². The molecule has 0 radical (unpaired) electrons. The van der Waals surface area contributed by atoms with Crippen LogP contribution < -0.4 is 5.32 Å². The molecule has 0 aliphatic heterocycles. The van der Waals surface area contributed by atoms with Gasteiger partial charge in [0.15, 0.2) is 5.65 Å². The Morgan fingerprint density at radius 3 is 2.86 bits per heavy atom. The van der Waals surface area contributed by atoms with E-state index in [9.17, 15) is 4.79 Å². The van der Waals surface area contributed by atoms with E-state index >= 15 is 0 Å². The van der Waals surface area contributed by atoms with Gasteiger partial charge in [-0.2, -0.15) is 5.10 Å². The van der Waals surface area contributed by atoms with Gasteiger partial charge in [-0.15, -0.1) is 0 Å². The van der Waals surface area contributed by atoms with Crippen molar-refractivity contribution in [2.24, 2.45) is 7.05 Å². The number of aromatic nitrogens is 5. The highest BCUT2D eigenvalue weighted by molar-refractivity contribution is 6.32. The summed E-state index contributed by atoms with van der Waals surface area (Å²) in [6.07, 6.45) is 9.09. The molecule has 0 spiro atoms. The Bertz CT molecular complexity index is 1190. The van der Waals surface area contributed by atoms with E-state index in [2.05, 4.69) is 15.4 Å². The quantitative estimate of drug-likeness (QED) is 0.570. The third kappa shape index (κ3) is 2.93. The van der Waals surface area contributed by atoms with Crippen molar-refractivity contribution in [1.82, 2.24) is 24.3 Å². The molecule has 1 aliphatic carbocycles. The number of pyridine rings is 1. The highest BCUT2D eigenvalue weighted by Crippen LogP contribution is 2.40. The summed E-state index contributed by atoms with van der Waals surface area (Å²) in [6.45, 7) is 0. The predicted octanol–water partition coefficient (Wildman–Crippen LogP) is 3.94. The van der Waals surface area contributed by atoms with Crippen LogP contribution >= 0.6 is 11.6 Å². The van der Waals surface area contributed by atoms with Crippen molar-refractivity contribution in [2.75, 3.05) is 5.32 Å². The summed E-state index contributed by atoms with van der Waals surface area (Å²) in [7, 11) is 1.84. The number of carbonyl (C=O) groups excluding carboxylic acids is 1. The summed E-state index contributed by atoms with van der Waals surface area (Å²) in [5, 5.41) is 8.48. The standard InChI is InChI=1S/C20H17ClN6O/c1-26-19-15(10-23-26)14(9-17(25-19)12-2-3-12)20(28)24-13-4-5-18(16(21)8-13)27-7-6-22-11-27/h4-12H,2-3H2,1H3,(H,24,28). The highest BCUT2D eigenvalue weighted by atomic mass is 35.5. The lowest BCUT2D eigenvalue weighted by Gasteiger charge is -2.11. The van der Waals surface area contributed by atoms with Crippen molar-refractivity contribution in [1.29, 1.82) is 0 Å². The number of benzene rings is 1. The minimum absolute atomic E-state index is 0.200. The van der Waals surface area contributed by atoms with Crippen LogP contribution in [0.15, 0.2) is 49.2 Å². The Hall–Kier alpha value is -3.19. The van der Waals surface area contributed by atoms with Crippen LogP contribution in [0.3, 0.4) is 0 Å². The Labute approximate surface area is 166 Å². The zero-order valence-corrected chi connectivity index (χ0v) is 15.9. The van der Waals surface area contributed by atoms with Gasteiger partial charge in [-0.1, -0.05) is 11.6 Å². The van der Waals surface area contributed by atoms with Crippen molar-refractivity contribution >= 4 is 34.2 Å². The van der Waals surface area contributed by atoms with E-state index in [1.165, 1.54) is 0 Å². The average molecular weight is 393 g/mol. The first-order chi connectivity index (χ1) is 13.6. The maximum absolute atomic E-state index is 13.0. The molecule has 1 fully saturated rings. The molecular formula is C20H17ClN6O. The van der Waals surface area contributed by atoms with Gasteiger partial charge in [0.2, 0.25) is 0 Å². The minimum atomic E-state index is -0.200. The molecule has 1 N–H and O–H groups in total. The maximum Gasteiger partial charge on any atom is 0.256 e. The van der Waals surface area contributed by atoms with Crippen molar-refractivity contribution in [2.45, 2.75) is 18.8 Å². The summed E-state index contributed by atoms with van der Waals surface area (Å²) < 4.78 is 3.52. The Balaban J connectivity index is 1.48. The summed E-state index contributed by atoms with van der Waals surface area (Å²) in [5.41, 5.74) is 3.68. The first kappa shape index (κ1) is 16.9. The molecule has 140 valence electrons. The van der Waals surface area contributed by atoms with Crippen molar-refractivity contribution in [3.8, 4) is 5.69 Å². The lowest BCUT2D eigenvalue weighted by atomic mass is 10.1. The molecular weight excluding hydrogens is 376 g/mol. The minimum Gasteiger partial charge on any atom is -0.322 e. The molecule has 1 amide bonds. The number of anilines is 1. The van der Waals surface area contributed by atoms with Crippen LogP contribution in [-0.4, -0.2) is 30.2 Å². The first-order valence-electron chi connectivity index (χ1n) is 9.02. The Kier molecular flexibility index (Phi) is 3.91. The van der Waals surface area contributed by atoms with Crippen molar-refractivity contribution < 1.29 is 4.79 Å². The van der Waals surface area contributed by atoms with Gasteiger partial charge in [-0.3, -0.25) is 9.48 Å². The number of nitrogens with zero attached hydrogens (tertiary/aromatic N) is 5. The van der Waals surface area contributed by atoms with Crippen LogP contribution in [0.25, 0.3) is 16.7 Å². The number of imidazole rings is 1. The molecule has 0 saturated heterocycles. The number of carbonyl (C=O) groups is 1. The van der Waals surface area contributed by atoms with E-state index in [0.717, 1.165) is 35.3 Å². The number of fused-ring (bicyclic) bond motifs is 1. The van der Waals surface area contributed by atoms with Crippen molar-refractivity contribution in [3.05, 3.63) is 65.5 Å². The monoisotopic (exact) mass is 392 g/mol. The van der Waals surface area contributed by atoms with E-state index in [4.69, 9.17) is 16.6 Å². The van der Waals surface area contributed by atoms with Gasteiger partial charge in [0, 0.05) is 36.7 Å². The SMILES string of the molecule is Cn1ncc2c(C(=O)Nc3ccc(-n4ccnc4)c(Cl)c3)cc(C3CC3)nc21. The normalized spacial score (nSPS) is 13.8. The fourth-order valence-corrected chi connectivity index (χ4v) is 3.58. The molecule has 7 nitrogen and oxygen atoms in total. The van der Waals surface area contributed by atoms with Gasteiger partial charge >= 0.3 is 0 Å². The second-order valence-corrected chi connectivity index (χ2v) is 7.37.